The predicted molar refractivity (Wildman–Crippen MR) is 98.2 cm³/mol. The van der Waals surface area contributed by atoms with Crippen molar-refractivity contribution in [3.63, 3.8) is 0 Å². The summed E-state index contributed by atoms with van der Waals surface area (Å²) in [7, 11) is 0. The zero-order valence-electron chi connectivity index (χ0n) is 16.3. The molecule has 4 fully saturated rings. The highest BCUT2D eigenvalue weighted by Crippen LogP contribution is 2.71. The Bertz CT molecular complexity index is 669. The average molecular weight is 360 g/mol. The normalized spacial score (nSPS) is 50.2. The van der Waals surface area contributed by atoms with Crippen molar-refractivity contribution in [3.05, 3.63) is 12.2 Å². The van der Waals surface area contributed by atoms with Crippen LogP contribution in [0.2, 0.25) is 0 Å². The van der Waals surface area contributed by atoms with Crippen molar-refractivity contribution in [2.24, 2.45) is 34.0 Å². The van der Waals surface area contributed by atoms with Gasteiger partial charge in [-0.25, -0.2) is 0 Å². The summed E-state index contributed by atoms with van der Waals surface area (Å²) in [6.45, 7) is 10.6. The Morgan fingerprint density at radius 3 is 2.62 bits per heavy atom. The van der Waals surface area contributed by atoms with Crippen molar-refractivity contribution in [2.75, 3.05) is 6.61 Å². The monoisotopic (exact) mass is 360 g/mol. The van der Waals surface area contributed by atoms with E-state index in [0.29, 0.717) is 18.1 Å². The summed E-state index contributed by atoms with van der Waals surface area (Å²) in [5.74, 6) is 0.524. The molecular weight excluding hydrogens is 328 g/mol. The molecule has 0 aromatic rings. The standard InChI is InChI=1S/C22H32O4/c1-13-15-6-7-17-21(4)10-5-9-20(3,12-26-14(2)23)16(21)8-11-22(17,18(13)24)19(15)25/h15-17,19,25H,1,5-12H2,2-4H3/t15-,16+,17-,19+,20+,21+,22+/m0/s1. The lowest BCUT2D eigenvalue weighted by Gasteiger charge is -2.64. The molecule has 4 aliphatic carbocycles. The molecule has 4 rings (SSSR count). The van der Waals surface area contributed by atoms with E-state index in [2.05, 4.69) is 20.4 Å². The van der Waals surface area contributed by atoms with Gasteiger partial charge >= 0.3 is 5.97 Å². The van der Waals surface area contributed by atoms with Crippen molar-refractivity contribution < 1.29 is 19.4 Å². The van der Waals surface area contributed by atoms with Gasteiger partial charge in [0.15, 0.2) is 5.78 Å². The molecule has 7 atom stereocenters. The maximum Gasteiger partial charge on any atom is 0.302 e. The number of ether oxygens (including phenoxy) is 1. The van der Waals surface area contributed by atoms with Crippen LogP contribution in [0.3, 0.4) is 0 Å². The number of aliphatic hydroxyl groups is 1. The third kappa shape index (κ3) is 2.11. The number of carbonyl (C=O) groups excluding carboxylic acids is 2. The van der Waals surface area contributed by atoms with Gasteiger partial charge in [0.05, 0.1) is 18.1 Å². The first-order chi connectivity index (χ1) is 12.2. The Labute approximate surface area is 156 Å². The molecule has 0 amide bonds. The Morgan fingerprint density at radius 1 is 1.19 bits per heavy atom. The molecule has 0 unspecified atom stereocenters. The molecule has 0 aliphatic heterocycles. The van der Waals surface area contributed by atoms with E-state index in [1.807, 2.05) is 0 Å². The number of Topliss-reactive ketones (excluding diaryl/α,β-unsaturated/α-hetero) is 1. The molecule has 4 nitrogen and oxygen atoms in total. The van der Waals surface area contributed by atoms with Crippen molar-refractivity contribution in [2.45, 2.75) is 71.8 Å². The van der Waals surface area contributed by atoms with E-state index in [-0.39, 0.29) is 34.4 Å². The smallest absolute Gasteiger partial charge is 0.302 e. The molecule has 0 aromatic heterocycles. The largest absolute Gasteiger partial charge is 0.465 e. The van der Waals surface area contributed by atoms with Crippen LogP contribution < -0.4 is 0 Å². The number of ketones is 1. The van der Waals surface area contributed by atoms with Crippen LogP contribution in [0.5, 0.6) is 0 Å². The average Bonchev–Trinajstić information content (AvgIpc) is 2.69. The first-order valence-electron chi connectivity index (χ1n) is 10.2. The van der Waals surface area contributed by atoms with Gasteiger partial charge in [0.1, 0.15) is 0 Å². The molecule has 1 spiro atoms. The summed E-state index contributed by atoms with van der Waals surface area (Å²) in [6, 6.07) is 0. The Morgan fingerprint density at radius 2 is 1.92 bits per heavy atom. The predicted octanol–water partition coefficient (Wildman–Crippen LogP) is 3.67. The second kappa shape index (κ2) is 5.67. The quantitative estimate of drug-likeness (QED) is 0.603. The van der Waals surface area contributed by atoms with Crippen molar-refractivity contribution in [1.82, 2.24) is 0 Å². The van der Waals surface area contributed by atoms with Gasteiger partial charge in [0.25, 0.3) is 0 Å². The van der Waals surface area contributed by atoms with Gasteiger partial charge in [0, 0.05) is 18.3 Å². The fourth-order valence-electron chi connectivity index (χ4n) is 7.74. The van der Waals surface area contributed by atoms with Gasteiger partial charge in [-0.1, -0.05) is 26.8 Å². The number of esters is 1. The highest BCUT2D eigenvalue weighted by Gasteiger charge is 2.70. The highest BCUT2D eigenvalue weighted by molar-refractivity contribution is 6.04. The van der Waals surface area contributed by atoms with E-state index in [1.165, 1.54) is 6.92 Å². The third-order valence-electron chi connectivity index (χ3n) is 8.81. The van der Waals surface area contributed by atoms with Gasteiger partial charge in [-0.05, 0) is 61.3 Å². The molecule has 4 aliphatic rings. The second-order valence-electron chi connectivity index (χ2n) is 9.96. The van der Waals surface area contributed by atoms with E-state index in [0.717, 1.165) is 44.9 Å². The number of rotatable bonds is 2. The molecular formula is C22H32O4. The summed E-state index contributed by atoms with van der Waals surface area (Å²) in [5.41, 5.74) is 0.0315. The van der Waals surface area contributed by atoms with Gasteiger partial charge in [-0.2, -0.15) is 0 Å². The first kappa shape index (κ1) is 18.2. The summed E-state index contributed by atoms with van der Waals surface area (Å²) >= 11 is 0. The lowest BCUT2D eigenvalue weighted by atomic mass is 9.40. The summed E-state index contributed by atoms with van der Waals surface area (Å²) in [4.78, 5) is 24.6. The summed E-state index contributed by atoms with van der Waals surface area (Å²) in [5, 5.41) is 11.1. The third-order valence-corrected chi connectivity index (χ3v) is 8.81. The number of hydrogen-bond acceptors (Lipinski definition) is 4. The van der Waals surface area contributed by atoms with Crippen LogP contribution in [-0.4, -0.2) is 29.6 Å². The minimum Gasteiger partial charge on any atom is -0.465 e. The maximum atomic E-state index is 13.2. The van der Waals surface area contributed by atoms with Crippen LogP contribution in [0, 0.1) is 34.0 Å². The highest BCUT2D eigenvalue weighted by atomic mass is 16.5. The van der Waals surface area contributed by atoms with Crippen molar-refractivity contribution in [3.8, 4) is 0 Å². The van der Waals surface area contributed by atoms with Crippen LogP contribution in [0.4, 0.5) is 0 Å². The van der Waals surface area contributed by atoms with E-state index >= 15 is 0 Å². The molecule has 2 bridgehead atoms. The van der Waals surface area contributed by atoms with E-state index in [4.69, 9.17) is 4.74 Å². The SMILES string of the molecule is C=C1C(=O)[C@@]23CC[C@@H]4[C@@](C)(COC(C)=O)CCC[C@@]4(C)[C@@H]2CC[C@@H]1[C@H]3O. The van der Waals surface area contributed by atoms with Crippen LogP contribution in [0.1, 0.15) is 65.7 Å². The van der Waals surface area contributed by atoms with Gasteiger partial charge in [-0.15, -0.1) is 0 Å². The first-order valence-corrected chi connectivity index (χ1v) is 10.2. The zero-order valence-corrected chi connectivity index (χ0v) is 16.3. The van der Waals surface area contributed by atoms with Gasteiger partial charge in [-0.3, -0.25) is 9.59 Å². The molecule has 0 heterocycles. The van der Waals surface area contributed by atoms with E-state index in [1.54, 1.807) is 0 Å². The van der Waals surface area contributed by atoms with E-state index < -0.39 is 11.5 Å². The molecule has 0 saturated heterocycles. The molecule has 4 saturated carbocycles. The Hall–Kier alpha value is -1.16. The number of aliphatic hydroxyl groups excluding tert-OH is 1. The molecule has 144 valence electrons. The van der Waals surface area contributed by atoms with Crippen LogP contribution >= 0.6 is 0 Å². The topological polar surface area (TPSA) is 63.6 Å². The van der Waals surface area contributed by atoms with E-state index in [9.17, 15) is 14.7 Å². The zero-order chi connectivity index (χ0) is 18.9. The minimum atomic E-state index is -0.606. The molecule has 4 heteroatoms. The van der Waals surface area contributed by atoms with Gasteiger partial charge in [0.2, 0.25) is 0 Å². The summed E-state index contributed by atoms with van der Waals surface area (Å²) in [6.07, 6.45) is 6.25. The van der Waals surface area contributed by atoms with Crippen molar-refractivity contribution >= 4 is 11.8 Å². The van der Waals surface area contributed by atoms with Gasteiger partial charge < -0.3 is 9.84 Å². The lowest BCUT2D eigenvalue weighted by molar-refractivity contribution is -0.196. The van der Waals surface area contributed by atoms with Crippen molar-refractivity contribution in [1.29, 1.82) is 0 Å². The molecule has 1 N–H and O–H groups in total. The van der Waals surface area contributed by atoms with Crippen LogP contribution in [0.15, 0.2) is 12.2 Å². The molecule has 26 heavy (non-hydrogen) atoms. The fraction of sp³-hybridized carbons (Fsp3) is 0.818. The number of carbonyl (C=O) groups is 2. The number of fused-ring (bicyclic) bond motifs is 3. The van der Waals surface area contributed by atoms with Crippen LogP contribution in [-0.2, 0) is 14.3 Å². The number of hydrogen-bond donors (Lipinski definition) is 1. The van der Waals surface area contributed by atoms with Crippen LogP contribution in [0.25, 0.3) is 0 Å². The maximum absolute atomic E-state index is 13.2. The minimum absolute atomic E-state index is 0.0115. The molecule has 0 aromatic carbocycles. The summed E-state index contributed by atoms with van der Waals surface area (Å²) < 4.78 is 5.46. The fourth-order valence-corrected chi connectivity index (χ4v) is 7.74. The Kier molecular flexibility index (Phi) is 3.97. The Balaban J connectivity index is 1.72. The lowest BCUT2D eigenvalue weighted by Crippen LogP contribution is -2.62. The molecule has 0 radical (unpaired) electrons. The second-order valence-corrected chi connectivity index (χ2v) is 9.96.